The van der Waals surface area contributed by atoms with Crippen molar-refractivity contribution in [3.05, 3.63) is 29.3 Å². The molecule has 4 nitrogen and oxygen atoms in total. The van der Waals surface area contributed by atoms with Gasteiger partial charge in [0.1, 0.15) is 5.75 Å². The summed E-state index contributed by atoms with van der Waals surface area (Å²) in [6.07, 6.45) is 1.00. The summed E-state index contributed by atoms with van der Waals surface area (Å²) in [5.74, 6) is 0.963. The van der Waals surface area contributed by atoms with E-state index in [1.807, 2.05) is 25.1 Å². The molecule has 0 aliphatic carbocycles. The third-order valence-electron chi connectivity index (χ3n) is 4.55. The van der Waals surface area contributed by atoms with Crippen molar-refractivity contribution in [3.8, 4) is 5.75 Å². The van der Waals surface area contributed by atoms with Crippen LogP contribution in [0.3, 0.4) is 0 Å². The maximum absolute atomic E-state index is 11.6. The van der Waals surface area contributed by atoms with E-state index >= 15 is 0 Å². The normalized spacial score (nSPS) is 20.7. The number of hydrogen-bond donors (Lipinski definition) is 1. The topological polar surface area (TPSA) is 55.6 Å². The molecule has 1 aromatic carbocycles. The van der Waals surface area contributed by atoms with Crippen LogP contribution in [0.1, 0.15) is 50.0 Å². The molecular formula is C18H29ClN2O2. The third kappa shape index (κ3) is 4.93. The highest BCUT2D eigenvalue weighted by Gasteiger charge is 2.33. The molecule has 23 heavy (non-hydrogen) atoms. The van der Waals surface area contributed by atoms with E-state index < -0.39 is 0 Å². The minimum atomic E-state index is 0. The monoisotopic (exact) mass is 340 g/mol. The number of ether oxygens (including phenoxy) is 1. The van der Waals surface area contributed by atoms with E-state index in [0.29, 0.717) is 6.61 Å². The summed E-state index contributed by atoms with van der Waals surface area (Å²) in [6, 6.07) is 5.97. The van der Waals surface area contributed by atoms with Crippen molar-refractivity contribution in [1.29, 1.82) is 0 Å². The SMILES string of the molecule is CCOc1ccc(C(C)=O)cc1CN1CCC(N)C(C)(C)C1.Cl. The molecule has 1 fully saturated rings. The van der Waals surface area contributed by atoms with Gasteiger partial charge in [0.2, 0.25) is 0 Å². The molecule has 1 aromatic rings. The van der Waals surface area contributed by atoms with Crippen molar-refractivity contribution in [2.24, 2.45) is 11.1 Å². The Bertz CT molecular complexity index is 546. The van der Waals surface area contributed by atoms with Crippen molar-refractivity contribution in [2.75, 3.05) is 19.7 Å². The molecule has 1 aliphatic rings. The van der Waals surface area contributed by atoms with Gasteiger partial charge in [0.05, 0.1) is 6.61 Å². The second-order valence-electron chi connectivity index (χ2n) is 6.91. The molecular weight excluding hydrogens is 312 g/mol. The summed E-state index contributed by atoms with van der Waals surface area (Å²) < 4.78 is 5.72. The minimum absolute atomic E-state index is 0. The van der Waals surface area contributed by atoms with Crippen LogP contribution < -0.4 is 10.5 Å². The predicted molar refractivity (Wildman–Crippen MR) is 96.5 cm³/mol. The number of benzene rings is 1. The van der Waals surface area contributed by atoms with E-state index in [4.69, 9.17) is 10.5 Å². The van der Waals surface area contributed by atoms with Crippen molar-refractivity contribution in [2.45, 2.75) is 46.7 Å². The lowest BCUT2D eigenvalue weighted by molar-refractivity contribution is 0.0889. The smallest absolute Gasteiger partial charge is 0.159 e. The van der Waals surface area contributed by atoms with Crippen molar-refractivity contribution in [3.63, 3.8) is 0 Å². The second kappa shape index (κ2) is 8.13. The lowest BCUT2D eigenvalue weighted by Gasteiger charge is -2.42. The van der Waals surface area contributed by atoms with Gasteiger partial charge >= 0.3 is 0 Å². The molecule has 1 saturated heterocycles. The number of hydrogen-bond acceptors (Lipinski definition) is 4. The Morgan fingerprint density at radius 3 is 2.70 bits per heavy atom. The molecule has 0 bridgehead atoms. The van der Waals surface area contributed by atoms with Crippen LogP contribution in [-0.4, -0.2) is 36.4 Å². The molecule has 0 radical (unpaired) electrons. The fourth-order valence-corrected chi connectivity index (χ4v) is 3.08. The fourth-order valence-electron chi connectivity index (χ4n) is 3.08. The van der Waals surface area contributed by atoms with Crippen LogP contribution in [0.15, 0.2) is 18.2 Å². The van der Waals surface area contributed by atoms with E-state index in [1.54, 1.807) is 6.92 Å². The Morgan fingerprint density at radius 1 is 1.43 bits per heavy atom. The summed E-state index contributed by atoms with van der Waals surface area (Å²) in [7, 11) is 0. The largest absolute Gasteiger partial charge is 0.494 e. The Kier molecular flexibility index (Phi) is 7.05. The van der Waals surface area contributed by atoms with E-state index in [0.717, 1.165) is 42.9 Å². The van der Waals surface area contributed by atoms with Gasteiger partial charge in [-0.05, 0) is 43.9 Å². The molecule has 0 amide bonds. The highest BCUT2D eigenvalue weighted by Crippen LogP contribution is 2.30. The third-order valence-corrected chi connectivity index (χ3v) is 4.55. The number of rotatable bonds is 5. The van der Waals surface area contributed by atoms with Gasteiger partial charge in [-0.3, -0.25) is 9.69 Å². The molecule has 1 atom stereocenters. The summed E-state index contributed by atoms with van der Waals surface area (Å²) in [6.45, 7) is 11.4. The van der Waals surface area contributed by atoms with Crippen LogP contribution in [0.25, 0.3) is 0 Å². The van der Waals surface area contributed by atoms with Gasteiger partial charge in [-0.1, -0.05) is 13.8 Å². The molecule has 5 heteroatoms. The maximum atomic E-state index is 11.6. The Labute approximate surface area is 145 Å². The summed E-state index contributed by atoms with van der Waals surface area (Å²) >= 11 is 0. The first-order chi connectivity index (χ1) is 10.3. The minimum Gasteiger partial charge on any atom is -0.494 e. The number of Topliss-reactive ketones (excluding diaryl/α,β-unsaturated/α-hetero) is 1. The van der Waals surface area contributed by atoms with Gasteiger partial charge in [0.25, 0.3) is 0 Å². The Hall–Kier alpha value is -1.10. The summed E-state index contributed by atoms with van der Waals surface area (Å²) in [5.41, 5.74) is 8.15. The molecule has 2 N–H and O–H groups in total. The molecule has 1 aliphatic heterocycles. The average molecular weight is 341 g/mol. The van der Waals surface area contributed by atoms with Crippen LogP contribution in [0.5, 0.6) is 5.75 Å². The molecule has 0 aromatic heterocycles. The van der Waals surface area contributed by atoms with Gasteiger partial charge in [0.15, 0.2) is 5.78 Å². The highest BCUT2D eigenvalue weighted by atomic mass is 35.5. The van der Waals surface area contributed by atoms with Crippen LogP contribution in [-0.2, 0) is 6.54 Å². The number of nitrogens with zero attached hydrogens (tertiary/aromatic N) is 1. The second-order valence-corrected chi connectivity index (χ2v) is 6.91. The predicted octanol–water partition coefficient (Wildman–Crippen LogP) is 3.27. The molecule has 1 unspecified atom stereocenters. The molecule has 2 rings (SSSR count). The van der Waals surface area contributed by atoms with E-state index in [2.05, 4.69) is 18.7 Å². The first-order valence-corrected chi connectivity index (χ1v) is 8.08. The highest BCUT2D eigenvalue weighted by molar-refractivity contribution is 5.94. The average Bonchev–Trinajstić information content (AvgIpc) is 2.44. The lowest BCUT2D eigenvalue weighted by Crippen LogP contribution is -2.52. The fraction of sp³-hybridized carbons (Fsp3) is 0.611. The zero-order valence-electron chi connectivity index (χ0n) is 14.6. The van der Waals surface area contributed by atoms with Crippen molar-refractivity contribution >= 4 is 18.2 Å². The van der Waals surface area contributed by atoms with Gasteiger partial charge < -0.3 is 10.5 Å². The first-order valence-electron chi connectivity index (χ1n) is 8.08. The summed E-state index contributed by atoms with van der Waals surface area (Å²) in [5, 5.41) is 0. The summed E-state index contributed by atoms with van der Waals surface area (Å²) in [4.78, 5) is 14.0. The lowest BCUT2D eigenvalue weighted by atomic mass is 9.79. The number of nitrogens with two attached hydrogens (primary N) is 1. The Balaban J connectivity index is 0.00000264. The quantitative estimate of drug-likeness (QED) is 0.836. The van der Waals surface area contributed by atoms with E-state index in [9.17, 15) is 4.79 Å². The van der Waals surface area contributed by atoms with Crippen molar-refractivity contribution < 1.29 is 9.53 Å². The first kappa shape index (κ1) is 19.9. The molecule has 1 heterocycles. The van der Waals surface area contributed by atoms with Gasteiger partial charge in [-0.15, -0.1) is 12.4 Å². The van der Waals surface area contributed by atoms with Crippen molar-refractivity contribution in [1.82, 2.24) is 4.90 Å². The number of ketones is 1. The van der Waals surface area contributed by atoms with Gasteiger partial charge in [0, 0.05) is 36.8 Å². The molecule has 0 saturated carbocycles. The number of carbonyl (C=O) groups excluding carboxylic acids is 1. The van der Waals surface area contributed by atoms with Gasteiger partial charge in [-0.2, -0.15) is 0 Å². The number of likely N-dealkylation sites (tertiary alicyclic amines) is 1. The van der Waals surface area contributed by atoms with Crippen LogP contribution in [0.4, 0.5) is 0 Å². The van der Waals surface area contributed by atoms with E-state index in [1.165, 1.54) is 0 Å². The standard InChI is InChI=1S/C18H28N2O2.ClH/c1-5-22-16-7-6-14(13(2)21)10-15(16)11-20-9-8-17(19)18(3,4)12-20;/h6-7,10,17H,5,8-9,11-12,19H2,1-4H3;1H. The van der Waals surface area contributed by atoms with Crippen LogP contribution in [0.2, 0.25) is 0 Å². The van der Waals surface area contributed by atoms with E-state index in [-0.39, 0.29) is 29.6 Å². The molecule has 130 valence electrons. The maximum Gasteiger partial charge on any atom is 0.159 e. The van der Waals surface area contributed by atoms with Crippen LogP contribution >= 0.6 is 12.4 Å². The molecule has 0 spiro atoms. The number of carbonyl (C=O) groups is 1. The zero-order chi connectivity index (χ0) is 16.3. The van der Waals surface area contributed by atoms with Gasteiger partial charge in [-0.25, -0.2) is 0 Å². The Morgan fingerprint density at radius 2 is 2.13 bits per heavy atom. The zero-order valence-corrected chi connectivity index (χ0v) is 15.4. The number of halogens is 1. The van der Waals surface area contributed by atoms with Crippen LogP contribution in [0, 0.1) is 5.41 Å². The number of piperidine rings is 1.